The van der Waals surface area contributed by atoms with Crippen LogP contribution in [0.3, 0.4) is 0 Å². The topological polar surface area (TPSA) is 84.0 Å². The second-order valence-electron chi connectivity index (χ2n) is 4.14. The molecule has 98 valence electrons. The predicted molar refractivity (Wildman–Crippen MR) is 71.7 cm³/mol. The third kappa shape index (κ3) is 2.79. The van der Waals surface area contributed by atoms with Crippen LogP contribution in [-0.2, 0) is 4.79 Å². The summed E-state index contributed by atoms with van der Waals surface area (Å²) >= 11 is 0. The highest BCUT2D eigenvalue weighted by atomic mass is 16.2. The standard InChI is InChI=1S/C13H13N3O3/c1-8-7-12(18)15-13(19)16(8)11-5-3-10(4-6-11)14-9(2)17/h3-7H,1-2H3,(H,14,17)(H,15,18,19). The van der Waals surface area contributed by atoms with Crippen LogP contribution in [0.4, 0.5) is 5.69 Å². The van der Waals surface area contributed by atoms with Crippen molar-refractivity contribution >= 4 is 11.6 Å². The minimum Gasteiger partial charge on any atom is -0.326 e. The van der Waals surface area contributed by atoms with E-state index >= 15 is 0 Å². The SMILES string of the molecule is CC(=O)Nc1ccc(-n2c(C)cc(=O)[nH]c2=O)cc1. The van der Waals surface area contributed by atoms with Gasteiger partial charge in [0.2, 0.25) is 5.91 Å². The maximum Gasteiger partial charge on any atom is 0.333 e. The van der Waals surface area contributed by atoms with Crippen molar-refractivity contribution in [1.29, 1.82) is 0 Å². The minimum atomic E-state index is -0.489. The number of hydrogen-bond donors (Lipinski definition) is 2. The Morgan fingerprint density at radius 1 is 1.21 bits per heavy atom. The van der Waals surface area contributed by atoms with E-state index in [0.717, 1.165) is 0 Å². The normalized spacial score (nSPS) is 10.2. The quantitative estimate of drug-likeness (QED) is 0.836. The first-order valence-corrected chi connectivity index (χ1v) is 5.68. The number of aromatic amines is 1. The third-order valence-corrected chi connectivity index (χ3v) is 2.57. The molecule has 2 aromatic rings. The van der Waals surface area contributed by atoms with Crippen molar-refractivity contribution < 1.29 is 4.79 Å². The molecule has 0 aliphatic rings. The lowest BCUT2D eigenvalue weighted by Gasteiger charge is -2.09. The number of carbonyl (C=O) groups is 1. The van der Waals surface area contributed by atoms with Gasteiger partial charge >= 0.3 is 5.69 Å². The zero-order chi connectivity index (χ0) is 14.0. The van der Waals surface area contributed by atoms with E-state index in [1.54, 1.807) is 31.2 Å². The maximum absolute atomic E-state index is 11.8. The summed E-state index contributed by atoms with van der Waals surface area (Å²) in [6.07, 6.45) is 0. The van der Waals surface area contributed by atoms with Crippen LogP contribution < -0.4 is 16.6 Å². The number of amides is 1. The summed E-state index contributed by atoms with van der Waals surface area (Å²) in [4.78, 5) is 36.0. The van der Waals surface area contributed by atoms with E-state index in [1.807, 2.05) is 0 Å². The van der Waals surface area contributed by atoms with Crippen LogP contribution in [0.5, 0.6) is 0 Å². The molecule has 1 heterocycles. The number of H-pyrrole nitrogens is 1. The second kappa shape index (κ2) is 4.93. The van der Waals surface area contributed by atoms with Crippen LogP contribution in [0.2, 0.25) is 0 Å². The summed E-state index contributed by atoms with van der Waals surface area (Å²) in [6.45, 7) is 3.10. The molecule has 0 fully saturated rings. The van der Waals surface area contributed by atoms with Crippen molar-refractivity contribution in [2.24, 2.45) is 0 Å². The molecule has 0 atom stereocenters. The number of carbonyl (C=O) groups excluding carboxylic acids is 1. The highest BCUT2D eigenvalue weighted by Gasteiger charge is 2.05. The predicted octanol–water partition coefficient (Wildman–Crippen LogP) is 0.793. The number of rotatable bonds is 2. The number of aromatic nitrogens is 2. The lowest BCUT2D eigenvalue weighted by Crippen LogP contribution is -2.29. The van der Waals surface area contributed by atoms with Crippen LogP contribution in [0.15, 0.2) is 39.9 Å². The molecule has 0 bridgehead atoms. The van der Waals surface area contributed by atoms with Crippen molar-refractivity contribution in [3.63, 3.8) is 0 Å². The summed E-state index contributed by atoms with van der Waals surface area (Å²) in [5.74, 6) is -0.162. The van der Waals surface area contributed by atoms with Gasteiger partial charge in [0.05, 0.1) is 5.69 Å². The zero-order valence-corrected chi connectivity index (χ0v) is 10.6. The van der Waals surface area contributed by atoms with Crippen molar-refractivity contribution in [3.8, 4) is 5.69 Å². The van der Waals surface area contributed by atoms with Gasteiger partial charge < -0.3 is 5.32 Å². The van der Waals surface area contributed by atoms with Gasteiger partial charge in [-0.25, -0.2) is 4.79 Å². The van der Waals surface area contributed by atoms with Gasteiger partial charge in [-0.3, -0.25) is 19.1 Å². The molecule has 0 saturated heterocycles. The fourth-order valence-corrected chi connectivity index (χ4v) is 1.83. The first kappa shape index (κ1) is 12.8. The molecule has 2 N–H and O–H groups in total. The Bertz CT molecular complexity index is 726. The molecule has 0 aliphatic heterocycles. The minimum absolute atomic E-state index is 0.162. The van der Waals surface area contributed by atoms with Gasteiger partial charge in [0.1, 0.15) is 0 Å². The fourth-order valence-electron chi connectivity index (χ4n) is 1.83. The molecule has 0 saturated carbocycles. The van der Waals surface area contributed by atoms with E-state index < -0.39 is 11.2 Å². The average Bonchev–Trinajstić information content (AvgIpc) is 2.29. The molecule has 19 heavy (non-hydrogen) atoms. The smallest absolute Gasteiger partial charge is 0.326 e. The summed E-state index contributed by atoms with van der Waals surface area (Å²) in [7, 11) is 0. The van der Waals surface area contributed by atoms with E-state index in [-0.39, 0.29) is 5.91 Å². The molecule has 1 aromatic carbocycles. The van der Waals surface area contributed by atoms with Crippen molar-refractivity contribution in [2.75, 3.05) is 5.32 Å². The van der Waals surface area contributed by atoms with Crippen LogP contribution in [0.25, 0.3) is 5.69 Å². The Morgan fingerprint density at radius 3 is 2.37 bits per heavy atom. The van der Waals surface area contributed by atoms with E-state index in [2.05, 4.69) is 10.3 Å². The van der Waals surface area contributed by atoms with Gasteiger partial charge in [0, 0.05) is 24.4 Å². The highest BCUT2D eigenvalue weighted by molar-refractivity contribution is 5.88. The van der Waals surface area contributed by atoms with Crippen LogP contribution in [0, 0.1) is 6.92 Å². The Hall–Kier alpha value is -2.63. The molecule has 0 unspecified atom stereocenters. The largest absolute Gasteiger partial charge is 0.333 e. The van der Waals surface area contributed by atoms with Gasteiger partial charge in [-0.15, -0.1) is 0 Å². The lowest BCUT2D eigenvalue weighted by atomic mass is 10.2. The summed E-state index contributed by atoms with van der Waals surface area (Å²) in [5, 5.41) is 2.64. The van der Waals surface area contributed by atoms with Gasteiger partial charge in [-0.2, -0.15) is 0 Å². The molecular weight excluding hydrogens is 246 g/mol. The van der Waals surface area contributed by atoms with Crippen LogP contribution in [-0.4, -0.2) is 15.5 Å². The Morgan fingerprint density at radius 2 is 1.84 bits per heavy atom. The Balaban J connectivity index is 2.46. The first-order valence-electron chi connectivity index (χ1n) is 5.68. The van der Waals surface area contributed by atoms with Crippen molar-refractivity contribution in [2.45, 2.75) is 13.8 Å². The number of anilines is 1. The summed E-state index contributed by atoms with van der Waals surface area (Å²) < 4.78 is 1.39. The van der Waals surface area contributed by atoms with E-state index in [4.69, 9.17) is 0 Å². The summed E-state index contributed by atoms with van der Waals surface area (Å²) in [6, 6.07) is 8.11. The highest BCUT2D eigenvalue weighted by Crippen LogP contribution is 2.12. The number of benzene rings is 1. The molecule has 0 radical (unpaired) electrons. The van der Waals surface area contributed by atoms with E-state index in [9.17, 15) is 14.4 Å². The van der Waals surface area contributed by atoms with Crippen molar-refractivity contribution in [3.05, 3.63) is 56.9 Å². The number of aryl methyl sites for hydroxylation is 1. The average molecular weight is 259 g/mol. The molecule has 0 spiro atoms. The van der Waals surface area contributed by atoms with Crippen molar-refractivity contribution in [1.82, 2.24) is 9.55 Å². The lowest BCUT2D eigenvalue weighted by molar-refractivity contribution is -0.114. The second-order valence-corrected chi connectivity index (χ2v) is 4.14. The molecule has 2 rings (SSSR count). The first-order chi connectivity index (χ1) is 8.97. The Labute approximate surface area is 108 Å². The van der Waals surface area contributed by atoms with Gasteiger partial charge in [0.25, 0.3) is 5.56 Å². The maximum atomic E-state index is 11.8. The molecule has 1 aromatic heterocycles. The van der Waals surface area contributed by atoms with Crippen LogP contribution >= 0.6 is 0 Å². The van der Waals surface area contributed by atoms with Crippen LogP contribution in [0.1, 0.15) is 12.6 Å². The number of nitrogens with zero attached hydrogens (tertiary/aromatic N) is 1. The molecule has 1 amide bonds. The van der Waals surface area contributed by atoms with E-state index in [0.29, 0.717) is 17.1 Å². The molecule has 6 nitrogen and oxygen atoms in total. The number of hydrogen-bond acceptors (Lipinski definition) is 3. The van der Waals surface area contributed by atoms with Gasteiger partial charge in [0.15, 0.2) is 0 Å². The van der Waals surface area contributed by atoms with Gasteiger partial charge in [-0.05, 0) is 31.2 Å². The number of nitrogens with one attached hydrogen (secondary N) is 2. The monoisotopic (exact) mass is 259 g/mol. The van der Waals surface area contributed by atoms with Gasteiger partial charge in [-0.1, -0.05) is 0 Å². The van der Waals surface area contributed by atoms with E-state index in [1.165, 1.54) is 17.6 Å². The fraction of sp³-hybridized carbons (Fsp3) is 0.154. The third-order valence-electron chi connectivity index (χ3n) is 2.57. The Kier molecular flexibility index (Phi) is 3.33. The molecule has 0 aliphatic carbocycles. The zero-order valence-electron chi connectivity index (χ0n) is 10.6. The molecule has 6 heteroatoms. The summed E-state index contributed by atoms with van der Waals surface area (Å²) in [5.41, 5.74) is 0.895. The molecular formula is C13H13N3O3.